The Morgan fingerprint density at radius 2 is 1.83 bits per heavy atom. The fraction of sp³-hybridized carbons (Fsp3) is 0.350. The average Bonchev–Trinajstić information content (AvgIpc) is 2.89. The molecule has 1 amide bonds. The molecule has 23 heavy (non-hydrogen) atoms. The predicted molar refractivity (Wildman–Crippen MR) is 93.0 cm³/mol. The molecule has 1 unspecified atom stereocenters. The molecule has 1 atom stereocenters. The van der Waals surface area contributed by atoms with Gasteiger partial charge < -0.3 is 10.1 Å². The van der Waals surface area contributed by atoms with Gasteiger partial charge in [0.2, 0.25) is 5.91 Å². The number of amides is 1. The molecule has 1 aliphatic heterocycles. The molecular formula is C20H23NO2. The standard InChI is InChI=1S/C20H23NO2/c1-2-3-8-13-23-19-12-7-4-9-15(19)14-17-16-10-5-6-11-18(16)21-20(17)22/h4-7,9-12,17H,2-3,8,13-14H2,1H3,(H,21,22). The Morgan fingerprint density at radius 3 is 2.70 bits per heavy atom. The second-order valence-corrected chi connectivity index (χ2v) is 6.00. The number of benzene rings is 2. The van der Waals surface area contributed by atoms with Crippen molar-refractivity contribution in [3.63, 3.8) is 0 Å². The van der Waals surface area contributed by atoms with E-state index < -0.39 is 0 Å². The number of nitrogens with one attached hydrogen (secondary N) is 1. The maximum atomic E-state index is 12.3. The molecule has 0 radical (unpaired) electrons. The van der Waals surface area contributed by atoms with E-state index in [1.807, 2.05) is 42.5 Å². The first-order chi connectivity index (χ1) is 11.3. The van der Waals surface area contributed by atoms with Crippen LogP contribution in [0, 0.1) is 0 Å². The summed E-state index contributed by atoms with van der Waals surface area (Å²) in [7, 11) is 0. The van der Waals surface area contributed by atoms with Crippen LogP contribution in [0.25, 0.3) is 0 Å². The first kappa shape index (κ1) is 15.6. The summed E-state index contributed by atoms with van der Waals surface area (Å²) in [6.07, 6.45) is 4.11. The van der Waals surface area contributed by atoms with Gasteiger partial charge in [-0.15, -0.1) is 0 Å². The normalized spacial score (nSPS) is 16.0. The lowest BCUT2D eigenvalue weighted by Gasteiger charge is -2.14. The monoisotopic (exact) mass is 309 g/mol. The van der Waals surface area contributed by atoms with E-state index in [1.165, 1.54) is 12.8 Å². The number of anilines is 1. The van der Waals surface area contributed by atoms with Gasteiger partial charge in [0, 0.05) is 5.69 Å². The van der Waals surface area contributed by atoms with Crippen molar-refractivity contribution in [3.05, 3.63) is 59.7 Å². The zero-order valence-electron chi connectivity index (χ0n) is 13.5. The maximum absolute atomic E-state index is 12.3. The Kier molecular flexibility index (Phi) is 4.96. The van der Waals surface area contributed by atoms with Gasteiger partial charge in [-0.25, -0.2) is 0 Å². The number of fused-ring (bicyclic) bond motifs is 1. The number of rotatable bonds is 7. The SMILES string of the molecule is CCCCCOc1ccccc1CC1C(=O)Nc2ccccc21. The van der Waals surface area contributed by atoms with Gasteiger partial charge in [0.15, 0.2) is 0 Å². The second-order valence-electron chi connectivity index (χ2n) is 6.00. The van der Waals surface area contributed by atoms with Gasteiger partial charge in [-0.3, -0.25) is 4.79 Å². The number of carbonyl (C=O) groups excluding carboxylic acids is 1. The van der Waals surface area contributed by atoms with Crippen LogP contribution in [0.1, 0.15) is 43.2 Å². The Bertz CT molecular complexity index is 681. The van der Waals surface area contributed by atoms with Crippen molar-refractivity contribution in [1.82, 2.24) is 0 Å². The van der Waals surface area contributed by atoms with Crippen molar-refractivity contribution in [1.29, 1.82) is 0 Å². The molecule has 3 heteroatoms. The topological polar surface area (TPSA) is 38.3 Å². The van der Waals surface area contributed by atoms with Crippen molar-refractivity contribution in [2.24, 2.45) is 0 Å². The minimum Gasteiger partial charge on any atom is -0.493 e. The van der Waals surface area contributed by atoms with Crippen LogP contribution in [0.5, 0.6) is 5.75 Å². The van der Waals surface area contributed by atoms with Gasteiger partial charge in [0.25, 0.3) is 0 Å². The lowest BCUT2D eigenvalue weighted by Crippen LogP contribution is -2.15. The van der Waals surface area contributed by atoms with E-state index in [9.17, 15) is 4.79 Å². The highest BCUT2D eigenvalue weighted by atomic mass is 16.5. The number of hydrogen-bond acceptors (Lipinski definition) is 2. The quantitative estimate of drug-likeness (QED) is 0.763. The van der Waals surface area contributed by atoms with Gasteiger partial charge in [-0.05, 0) is 36.1 Å². The fourth-order valence-corrected chi connectivity index (χ4v) is 3.05. The number of para-hydroxylation sites is 2. The molecule has 2 aromatic rings. The molecule has 0 aromatic heterocycles. The predicted octanol–water partition coefficient (Wildman–Crippen LogP) is 4.53. The van der Waals surface area contributed by atoms with Crippen molar-refractivity contribution in [3.8, 4) is 5.75 Å². The third-order valence-electron chi connectivity index (χ3n) is 4.31. The molecular weight excluding hydrogens is 286 g/mol. The summed E-state index contributed by atoms with van der Waals surface area (Å²) >= 11 is 0. The summed E-state index contributed by atoms with van der Waals surface area (Å²) < 4.78 is 5.94. The third-order valence-corrected chi connectivity index (χ3v) is 4.31. The second kappa shape index (κ2) is 7.32. The van der Waals surface area contributed by atoms with E-state index in [0.29, 0.717) is 6.42 Å². The number of unbranched alkanes of at least 4 members (excludes halogenated alkanes) is 2. The smallest absolute Gasteiger partial charge is 0.232 e. The molecule has 1 aliphatic rings. The molecule has 1 N–H and O–H groups in total. The summed E-state index contributed by atoms with van der Waals surface area (Å²) in [6.45, 7) is 2.92. The van der Waals surface area contributed by atoms with E-state index >= 15 is 0 Å². The molecule has 0 saturated carbocycles. The highest BCUT2D eigenvalue weighted by Gasteiger charge is 2.30. The van der Waals surface area contributed by atoms with Crippen molar-refractivity contribution in [2.45, 2.75) is 38.5 Å². The molecule has 120 valence electrons. The Morgan fingerprint density at radius 1 is 1.04 bits per heavy atom. The van der Waals surface area contributed by atoms with Crippen LogP contribution < -0.4 is 10.1 Å². The summed E-state index contributed by atoms with van der Waals surface area (Å²) in [4.78, 5) is 12.3. The van der Waals surface area contributed by atoms with Crippen LogP contribution in [0.2, 0.25) is 0 Å². The zero-order valence-corrected chi connectivity index (χ0v) is 13.5. The lowest BCUT2D eigenvalue weighted by atomic mass is 9.93. The Balaban J connectivity index is 1.74. The molecule has 0 bridgehead atoms. The lowest BCUT2D eigenvalue weighted by molar-refractivity contribution is -0.117. The molecule has 0 aliphatic carbocycles. The minimum absolute atomic E-state index is 0.0759. The summed E-state index contributed by atoms with van der Waals surface area (Å²) in [5, 5.41) is 2.97. The first-order valence-corrected chi connectivity index (χ1v) is 8.40. The van der Waals surface area contributed by atoms with E-state index in [2.05, 4.69) is 18.3 Å². The number of ether oxygens (including phenoxy) is 1. The third kappa shape index (κ3) is 3.55. The van der Waals surface area contributed by atoms with Crippen molar-refractivity contribution in [2.75, 3.05) is 11.9 Å². The molecule has 1 heterocycles. The van der Waals surface area contributed by atoms with Crippen molar-refractivity contribution >= 4 is 11.6 Å². The Labute approximate surface area is 137 Å². The fourth-order valence-electron chi connectivity index (χ4n) is 3.05. The minimum atomic E-state index is -0.133. The highest BCUT2D eigenvalue weighted by molar-refractivity contribution is 6.03. The van der Waals surface area contributed by atoms with Gasteiger partial charge in [0.05, 0.1) is 12.5 Å². The van der Waals surface area contributed by atoms with Crippen molar-refractivity contribution < 1.29 is 9.53 Å². The molecule has 3 rings (SSSR count). The van der Waals surface area contributed by atoms with Gasteiger partial charge in [0.1, 0.15) is 5.75 Å². The number of carbonyl (C=O) groups is 1. The molecule has 0 saturated heterocycles. The first-order valence-electron chi connectivity index (χ1n) is 8.40. The summed E-state index contributed by atoms with van der Waals surface area (Å²) in [5.74, 6) is 0.847. The zero-order chi connectivity index (χ0) is 16.1. The summed E-state index contributed by atoms with van der Waals surface area (Å²) in [5.41, 5.74) is 3.11. The Hall–Kier alpha value is -2.29. The van der Waals surface area contributed by atoms with Crippen LogP contribution >= 0.6 is 0 Å². The molecule has 0 fully saturated rings. The van der Waals surface area contributed by atoms with Crippen LogP contribution in [0.4, 0.5) is 5.69 Å². The molecule has 3 nitrogen and oxygen atoms in total. The average molecular weight is 309 g/mol. The highest BCUT2D eigenvalue weighted by Crippen LogP contribution is 2.36. The van der Waals surface area contributed by atoms with E-state index in [0.717, 1.165) is 35.6 Å². The van der Waals surface area contributed by atoms with Crippen LogP contribution in [0.15, 0.2) is 48.5 Å². The molecule has 0 spiro atoms. The van der Waals surface area contributed by atoms with Crippen LogP contribution in [-0.4, -0.2) is 12.5 Å². The maximum Gasteiger partial charge on any atom is 0.232 e. The van der Waals surface area contributed by atoms with Gasteiger partial charge in [-0.2, -0.15) is 0 Å². The van der Waals surface area contributed by atoms with E-state index in [4.69, 9.17) is 4.74 Å². The van der Waals surface area contributed by atoms with E-state index in [1.54, 1.807) is 0 Å². The number of hydrogen-bond donors (Lipinski definition) is 1. The molecule has 2 aromatic carbocycles. The van der Waals surface area contributed by atoms with Gasteiger partial charge >= 0.3 is 0 Å². The van der Waals surface area contributed by atoms with Gasteiger partial charge in [-0.1, -0.05) is 56.2 Å². The van der Waals surface area contributed by atoms with Crippen LogP contribution in [-0.2, 0) is 11.2 Å². The van der Waals surface area contributed by atoms with E-state index in [-0.39, 0.29) is 11.8 Å². The summed E-state index contributed by atoms with van der Waals surface area (Å²) in [6, 6.07) is 16.0. The van der Waals surface area contributed by atoms with Crippen LogP contribution in [0.3, 0.4) is 0 Å². The largest absolute Gasteiger partial charge is 0.493 e.